The van der Waals surface area contributed by atoms with E-state index in [0.29, 0.717) is 24.5 Å². The van der Waals surface area contributed by atoms with Gasteiger partial charge in [-0.1, -0.05) is 24.8 Å². The molecule has 1 amide bonds. The van der Waals surface area contributed by atoms with Gasteiger partial charge >= 0.3 is 0 Å². The van der Waals surface area contributed by atoms with Crippen LogP contribution in [0, 0.1) is 0 Å². The van der Waals surface area contributed by atoms with Crippen LogP contribution in [-0.2, 0) is 0 Å². The van der Waals surface area contributed by atoms with Gasteiger partial charge < -0.3 is 9.47 Å². The molecule has 0 saturated carbocycles. The molecule has 0 spiro atoms. The largest absolute Gasteiger partial charge is 0.493 e. The normalized spacial score (nSPS) is 10.4. The second kappa shape index (κ2) is 9.15. The maximum atomic E-state index is 12.1. The van der Waals surface area contributed by atoms with Gasteiger partial charge in [-0.15, -0.1) is 0 Å². The summed E-state index contributed by atoms with van der Waals surface area (Å²) in [5, 5.41) is 3.98. The molecular weight excluding hydrogens is 304 g/mol. The molecule has 0 bridgehead atoms. The van der Waals surface area contributed by atoms with E-state index in [1.54, 1.807) is 36.6 Å². The molecule has 0 aliphatic heterocycles. The van der Waals surface area contributed by atoms with E-state index < -0.39 is 0 Å². The van der Waals surface area contributed by atoms with Crippen molar-refractivity contribution in [3.8, 4) is 11.5 Å². The smallest absolute Gasteiger partial charge is 0.271 e. The molecule has 124 valence electrons. The molecule has 0 unspecified atom stereocenters. The summed E-state index contributed by atoms with van der Waals surface area (Å²) in [6, 6.07) is 14.3. The number of nitrogens with one attached hydrogen (secondary N) is 1. The quantitative estimate of drug-likeness (QED) is 0.460. The van der Waals surface area contributed by atoms with Crippen LogP contribution >= 0.6 is 0 Å². The molecule has 2 aromatic carbocycles. The maximum absolute atomic E-state index is 12.1. The molecule has 0 aromatic heterocycles. The fourth-order valence-electron chi connectivity index (χ4n) is 1.96. The number of carbonyl (C=O) groups is 1. The number of rotatable bonds is 8. The first-order valence-electron chi connectivity index (χ1n) is 7.63. The predicted octanol–water partition coefficient (Wildman–Crippen LogP) is 3.41. The Labute approximate surface area is 141 Å². The summed E-state index contributed by atoms with van der Waals surface area (Å²) in [4.78, 5) is 12.1. The van der Waals surface area contributed by atoms with Crippen LogP contribution < -0.4 is 14.9 Å². The Balaban J connectivity index is 1.96. The van der Waals surface area contributed by atoms with E-state index in [2.05, 4.69) is 17.1 Å². The average molecular weight is 324 g/mol. The number of hydrazone groups is 1. The Morgan fingerprint density at radius 3 is 2.62 bits per heavy atom. The van der Waals surface area contributed by atoms with Gasteiger partial charge in [-0.2, -0.15) is 5.10 Å². The Morgan fingerprint density at radius 1 is 1.17 bits per heavy atom. The molecule has 0 heterocycles. The second-order valence-electron chi connectivity index (χ2n) is 4.79. The summed E-state index contributed by atoms with van der Waals surface area (Å²) in [5.41, 5.74) is 3.79. The minimum Gasteiger partial charge on any atom is -0.493 e. The van der Waals surface area contributed by atoms with Crippen molar-refractivity contribution in [3.63, 3.8) is 0 Å². The second-order valence-corrected chi connectivity index (χ2v) is 4.79. The van der Waals surface area contributed by atoms with Gasteiger partial charge in [-0.3, -0.25) is 4.79 Å². The van der Waals surface area contributed by atoms with Crippen LogP contribution in [0.1, 0.15) is 22.8 Å². The van der Waals surface area contributed by atoms with Crippen molar-refractivity contribution in [2.45, 2.75) is 6.92 Å². The zero-order valence-corrected chi connectivity index (χ0v) is 13.6. The van der Waals surface area contributed by atoms with Crippen molar-refractivity contribution in [1.29, 1.82) is 0 Å². The first kappa shape index (κ1) is 17.3. The lowest BCUT2D eigenvalue weighted by Crippen LogP contribution is -2.17. The van der Waals surface area contributed by atoms with Crippen molar-refractivity contribution < 1.29 is 14.3 Å². The molecule has 24 heavy (non-hydrogen) atoms. The summed E-state index contributed by atoms with van der Waals surface area (Å²) >= 11 is 0. The molecule has 0 atom stereocenters. The number of hydrogen-bond acceptors (Lipinski definition) is 4. The predicted molar refractivity (Wildman–Crippen MR) is 94.8 cm³/mol. The van der Waals surface area contributed by atoms with Gasteiger partial charge in [0.15, 0.2) is 0 Å². The maximum Gasteiger partial charge on any atom is 0.271 e. The van der Waals surface area contributed by atoms with Crippen LogP contribution in [0.4, 0.5) is 0 Å². The van der Waals surface area contributed by atoms with Crippen LogP contribution in [0.2, 0.25) is 0 Å². The molecule has 2 aromatic rings. The third kappa shape index (κ3) is 4.98. The number of para-hydroxylation sites is 1. The van der Waals surface area contributed by atoms with Crippen LogP contribution in [0.15, 0.2) is 66.3 Å². The third-order valence-corrected chi connectivity index (χ3v) is 3.07. The van der Waals surface area contributed by atoms with E-state index in [1.165, 1.54) is 0 Å². The summed E-state index contributed by atoms with van der Waals surface area (Å²) in [7, 11) is 0. The Bertz CT molecular complexity index is 709. The molecule has 5 nitrogen and oxygen atoms in total. The Morgan fingerprint density at radius 2 is 1.92 bits per heavy atom. The Kier molecular flexibility index (Phi) is 6.58. The van der Waals surface area contributed by atoms with E-state index in [-0.39, 0.29) is 5.91 Å². The third-order valence-electron chi connectivity index (χ3n) is 3.07. The number of ether oxygens (including phenoxy) is 2. The first-order valence-corrected chi connectivity index (χ1v) is 7.63. The molecule has 5 heteroatoms. The highest BCUT2D eigenvalue weighted by Gasteiger charge is 2.04. The highest BCUT2D eigenvalue weighted by molar-refractivity contribution is 5.95. The van der Waals surface area contributed by atoms with Crippen LogP contribution in [0.5, 0.6) is 11.5 Å². The monoisotopic (exact) mass is 324 g/mol. The van der Waals surface area contributed by atoms with E-state index >= 15 is 0 Å². The molecule has 0 fully saturated rings. The van der Waals surface area contributed by atoms with Crippen molar-refractivity contribution in [2.75, 3.05) is 13.2 Å². The number of hydrogen-bond donors (Lipinski definition) is 1. The van der Waals surface area contributed by atoms with Crippen molar-refractivity contribution in [3.05, 3.63) is 72.3 Å². The van der Waals surface area contributed by atoms with Gasteiger partial charge in [0, 0.05) is 11.1 Å². The van der Waals surface area contributed by atoms with Gasteiger partial charge in [-0.05, 0) is 43.3 Å². The van der Waals surface area contributed by atoms with Gasteiger partial charge in [0.25, 0.3) is 5.91 Å². The summed E-state index contributed by atoms with van der Waals surface area (Å²) in [6.07, 6.45) is 3.22. The van der Waals surface area contributed by atoms with E-state index in [9.17, 15) is 4.79 Å². The fraction of sp³-hybridized carbons (Fsp3) is 0.158. The topological polar surface area (TPSA) is 59.9 Å². The lowest BCUT2D eigenvalue weighted by atomic mass is 10.2. The average Bonchev–Trinajstić information content (AvgIpc) is 2.62. The summed E-state index contributed by atoms with van der Waals surface area (Å²) < 4.78 is 10.9. The van der Waals surface area contributed by atoms with E-state index in [0.717, 1.165) is 11.3 Å². The number of carbonyl (C=O) groups excluding carboxylic acids is 1. The SMILES string of the molecule is C=CCOc1ccc(C(=O)N/N=C/c2ccccc2OCC)cc1. The van der Waals surface area contributed by atoms with Crippen molar-refractivity contribution in [2.24, 2.45) is 5.10 Å². The first-order chi connectivity index (χ1) is 11.7. The van der Waals surface area contributed by atoms with Gasteiger partial charge in [0.05, 0.1) is 12.8 Å². The highest BCUT2D eigenvalue weighted by Crippen LogP contribution is 2.15. The molecule has 0 aliphatic carbocycles. The van der Waals surface area contributed by atoms with Crippen LogP contribution in [0.3, 0.4) is 0 Å². The molecule has 0 radical (unpaired) electrons. The zero-order valence-electron chi connectivity index (χ0n) is 13.6. The van der Waals surface area contributed by atoms with Gasteiger partial charge in [0.2, 0.25) is 0 Å². The number of nitrogens with zero attached hydrogens (tertiary/aromatic N) is 1. The molecule has 1 N–H and O–H groups in total. The zero-order chi connectivity index (χ0) is 17.2. The minimum atomic E-state index is -0.296. The van der Waals surface area contributed by atoms with E-state index in [4.69, 9.17) is 9.47 Å². The molecule has 0 saturated heterocycles. The lowest BCUT2D eigenvalue weighted by molar-refractivity contribution is 0.0955. The van der Waals surface area contributed by atoms with Gasteiger partial charge in [0.1, 0.15) is 18.1 Å². The van der Waals surface area contributed by atoms with Gasteiger partial charge in [-0.25, -0.2) is 5.43 Å². The van der Waals surface area contributed by atoms with Crippen molar-refractivity contribution >= 4 is 12.1 Å². The number of amides is 1. The Hall–Kier alpha value is -3.08. The number of benzene rings is 2. The minimum absolute atomic E-state index is 0.296. The standard InChI is InChI=1S/C19H20N2O3/c1-3-13-24-17-11-9-15(10-12-17)19(22)21-20-14-16-7-5-6-8-18(16)23-4-2/h3,5-12,14H,1,4,13H2,2H3,(H,21,22)/b20-14+. The molecular formula is C19H20N2O3. The molecule has 0 aliphatic rings. The van der Waals surface area contributed by atoms with Crippen LogP contribution in [-0.4, -0.2) is 25.3 Å². The van der Waals surface area contributed by atoms with E-state index in [1.807, 2.05) is 31.2 Å². The van der Waals surface area contributed by atoms with Crippen LogP contribution in [0.25, 0.3) is 0 Å². The molecule has 2 rings (SSSR count). The summed E-state index contributed by atoms with van der Waals surface area (Å²) in [5.74, 6) is 1.11. The van der Waals surface area contributed by atoms with Crippen molar-refractivity contribution in [1.82, 2.24) is 5.43 Å². The summed E-state index contributed by atoms with van der Waals surface area (Å²) in [6.45, 7) is 6.49. The highest BCUT2D eigenvalue weighted by atomic mass is 16.5. The fourth-order valence-corrected chi connectivity index (χ4v) is 1.96. The lowest BCUT2D eigenvalue weighted by Gasteiger charge is -2.06.